The van der Waals surface area contributed by atoms with Crippen LogP contribution in [0, 0.1) is 12.7 Å². The van der Waals surface area contributed by atoms with Gasteiger partial charge < -0.3 is 9.26 Å². The van der Waals surface area contributed by atoms with E-state index in [0.29, 0.717) is 22.6 Å². The van der Waals surface area contributed by atoms with Gasteiger partial charge in [0.1, 0.15) is 23.4 Å². The molecule has 3 aromatic rings. The number of carbonyl (C=O) groups is 1. The second-order valence-electron chi connectivity index (χ2n) is 5.90. The maximum atomic E-state index is 13.8. The smallest absolute Gasteiger partial charge is 0.311 e. The Kier molecular flexibility index (Phi) is 5.52. The predicted molar refractivity (Wildman–Crippen MR) is 99.0 cm³/mol. The predicted octanol–water partition coefficient (Wildman–Crippen LogP) is 5.40. The third-order valence-electron chi connectivity index (χ3n) is 4.07. The molecule has 0 aliphatic heterocycles. The Morgan fingerprint density at radius 3 is 2.62 bits per heavy atom. The van der Waals surface area contributed by atoms with Crippen LogP contribution in [0.25, 0.3) is 11.3 Å². The van der Waals surface area contributed by atoms with Gasteiger partial charge >= 0.3 is 5.97 Å². The van der Waals surface area contributed by atoms with Gasteiger partial charge in [-0.25, -0.2) is 4.39 Å². The molecule has 0 amide bonds. The Morgan fingerprint density at radius 1 is 1.23 bits per heavy atom. The fourth-order valence-corrected chi connectivity index (χ4v) is 2.95. The van der Waals surface area contributed by atoms with E-state index in [4.69, 9.17) is 9.26 Å². The summed E-state index contributed by atoms with van der Waals surface area (Å²) < 4.78 is 25.4. The van der Waals surface area contributed by atoms with Crippen LogP contribution in [0.3, 0.4) is 0 Å². The van der Waals surface area contributed by atoms with E-state index in [9.17, 15) is 9.18 Å². The molecule has 0 aliphatic rings. The van der Waals surface area contributed by atoms with Crippen molar-refractivity contribution < 1.29 is 18.4 Å². The van der Waals surface area contributed by atoms with Gasteiger partial charge in [-0.3, -0.25) is 4.79 Å². The molecule has 0 aliphatic carbocycles. The Morgan fingerprint density at radius 2 is 1.92 bits per heavy atom. The van der Waals surface area contributed by atoms with E-state index in [2.05, 4.69) is 21.1 Å². The number of halogens is 2. The maximum Gasteiger partial charge on any atom is 0.311 e. The van der Waals surface area contributed by atoms with E-state index in [0.717, 1.165) is 10.0 Å². The number of aromatic nitrogens is 1. The zero-order valence-electron chi connectivity index (χ0n) is 14.3. The lowest BCUT2D eigenvalue weighted by Gasteiger charge is -2.14. The van der Waals surface area contributed by atoms with Gasteiger partial charge in [0, 0.05) is 21.2 Å². The quantitative estimate of drug-likeness (QED) is 0.521. The SMILES string of the molecule is Cc1onc(-c2ccc(Br)cc2)c1CC(=O)O[C@H](C)c1ccccc1F. The Labute approximate surface area is 159 Å². The first-order valence-corrected chi connectivity index (χ1v) is 8.90. The van der Waals surface area contributed by atoms with E-state index < -0.39 is 17.9 Å². The van der Waals surface area contributed by atoms with Gasteiger partial charge in [-0.05, 0) is 32.0 Å². The molecule has 134 valence electrons. The number of hydrogen-bond donors (Lipinski definition) is 0. The van der Waals surface area contributed by atoms with Crippen molar-refractivity contribution in [1.29, 1.82) is 0 Å². The van der Waals surface area contributed by atoms with Crippen molar-refractivity contribution in [2.24, 2.45) is 0 Å². The molecular weight excluding hydrogens is 401 g/mol. The third-order valence-corrected chi connectivity index (χ3v) is 4.60. The number of carbonyl (C=O) groups excluding carboxylic acids is 1. The molecule has 0 fully saturated rings. The summed E-state index contributed by atoms with van der Waals surface area (Å²) in [5.41, 5.74) is 2.45. The van der Waals surface area contributed by atoms with Crippen molar-refractivity contribution in [2.75, 3.05) is 0 Å². The largest absolute Gasteiger partial charge is 0.457 e. The molecule has 0 bridgehead atoms. The van der Waals surface area contributed by atoms with Gasteiger partial charge in [0.05, 0.1) is 6.42 Å². The highest BCUT2D eigenvalue weighted by Crippen LogP contribution is 2.28. The van der Waals surface area contributed by atoms with Crippen LogP contribution in [0.15, 0.2) is 57.5 Å². The molecule has 4 nitrogen and oxygen atoms in total. The molecule has 0 saturated heterocycles. The Hall–Kier alpha value is -2.47. The number of nitrogens with zero attached hydrogens (tertiary/aromatic N) is 1. The van der Waals surface area contributed by atoms with Crippen molar-refractivity contribution in [3.05, 3.63) is 75.7 Å². The van der Waals surface area contributed by atoms with E-state index in [-0.39, 0.29) is 6.42 Å². The number of ether oxygens (including phenoxy) is 1. The molecule has 0 spiro atoms. The summed E-state index contributed by atoms with van der Waals surface area (Å²) in [5.74, 6) is -0.312. The molecule has 0 N–H and O–H groups in total. The minimum atomic E-state index is -0.681. The van der Waals surface area contributed by atoms with Crippen molar-refractivity contribution in [3.8, 4) is 11.3 Å². The standard InChI is InChI=1S/C20H17BrFNO3/c1-12(16-5-3-4-6-18(16)22)25-19(24)11-17-13(2)26-23-20(17)14-7-9-15(21)10-8-14/h3-10,12H,11H2,1-2H3/t12-/m1/s1. The Balaban J connectivity index is 1.77. The minimum absolute atomic E-state index is 0.000473. The van der Waals surface area contributed by atoms with Crippen LogP contribution in [0.4, 0.5) is 4.39 Å². The molecule has 0 saturated carbocycles. The molecule has 3 rings (SSSR count). The van der Waals surface area contributed by atoms with E-state index >= 15 is 0 Å². The molecule has 6 heteroatoms. The van der Waals surface area contributed by atoms with Gasteiger partial charge in [-0.1, -0.05) is 51.4 Å². The van der Waals surface area contributed by atoms with Gasteiger partial charge in [0.2, 0.25) is 0 Å². The highest BCUT2D eigenvalue weighted by atomic mass is 79.9. The number of hydrogen-bond acceptors (Lipinski definition) is 4. The molecule has 0 radical (unpaired) electrons. The Bertz CT molecular complexity index is 921. The van der Waals surface area contributed by atoms with Crippen LogP contribution >= 0.6 is 15.9 Å². The number of rotatable bonds is 5. The fraction of sp³-hybridized carbons (Fsp3) is 0.200. The highest BCUT2D eigenvalue weighted by Gasteiger charge is 2.21. The second kappa shape index (κ2) is 7.83. The van der Waals surface area contributed by atoms with Crippen molar-refractivity contribution in [3.63, 3.8) is 0 Å². The second-order valence-corrected chi connectivity index (χ2v) is 6.82. The lowest BCUT2D eigenvalue weighted by molar-refractivity contribution is -0.147. The first-order valence-electron chi connectivity index (χ1n) is 8.10. The van der Waals surface area contributed by atoms with Crippen LogP contribution in [0.5, 0.6) is 0 Å². The normalized spacial score (nSPS) is 12.0. The average molecular weight is 418 g/mol. The summed E-state index contributed by atoms with van der Waals surface area (Å²) in [4.78, 5) is 12.4. The van der Waals surface area contributed by atoms with Gasteiger partial charge in [-0.2, -0.15) is 0 Å². The number of aryl methyl sites for hydroxylation is 1. The van der Waals surface area contributed by atoms with E-state index in [1.54, 1.807) is 32.0 Å². The molecule has 1 aromatic heterocycles. The molecule has 2 aromatic carbocycles. The third kappa shape index (κ3) is 4.02. The molecule has 0 unspecified atom stereocenters. The minimum Gasteiger partial charge on any atom is -0.457 e. The van der Waals surface area contributed by atoms with Crippen LogP contribution in [-0.2, 0) is 16.0 Å². The lowest BCUT2D eigenvalue weighted by atomic mass is 10.0. The summed E-state index contributed by atoms with van der Waals surface area (Å²) in [5, 5.41) is 4.06. The van der Waals surface area contributed by atoms with Gasteiger partial charge in [0.25, 0.3) is 0 Å². The summed E-state index contributed by atoms with van der Waals surface area (Å²) in [7, 11) is 0. The first kappa shape index (κ1) is 18.3. The van der Waals surface area contributed by atoms with Crippen LogP contribution in [0.2, 0.25) is 0 Å². The van der Waals surface area contributed by atoms with Crippen molar-refractivity contribution in [1.82, 2.24) is 5.16 Å². The van der Waals surface area contributed by atoms with Gasteiger partial charge in [0.15, 0.2) is 0 Å². The van der Waals surface area contributed by atoms with E-state index in [1.165, 1.54) is 6.07 Å². The lowest BCUT2D eigenvalue weighted by Crippen LogP contribution is -2.13. The summed E-state index contributed by atoms with van der Waals surface area (Å²) in [6.45, 7) is 3.39. The summed E-state index contributed by atoms with van der Waals surface area (Å²) in [6.07, 6.45) is -0.681. The summed E-state index contributed by atoms with van der Waals surface area (Å²) in [6, 6.07) is 13.8. The van der Waals surface area contributed by atoms with Crippen molar-refractivity contribution >= 4 is 21.9 Å². The van der Waals surface area contributed by atoms with Crippen LogP contribution in [-0.4, -0.2) is 11.1 Å². The van der Waals surface area contributed by atoms with Crippen LogP contribution in [0.1, 0.15) is 29.9 Å². The maximum absolute atomic E-state index is 13.8. The molecule has 26 heavy (non-hydrogen) atoms. The molecule has 1 heterocycles. The number of benzene rings is 2. The highest BCUT2D eigenvalue weighted by molar-refractivity contribution is 9.10. The van der Waals surface area contributed by atoms with Gasteiger partial charge in [-0.15, -0.1) is 0 Å². The zero-order valence-corrected chi connectivity index (χ0v) is 15.9. The van der Waals surface area contributed by atoms with Crippen LogP contribution < -0.4 is 0 Å². The topological polar surface area (TPSA) is 52.3 Å². The van der Waals surface area contributed by atoms with Crippen molar-refractivity contribution in [2.45, 2.75) is 26.4 Å². The monoisotopic (exact) mass is 417 g/mol. The fourth-order valence-electron chi connectivity index (χ4n) is 2.69. The average Bonchev–Trinajstić information content (AvgIpc) is 2.96. The molecule has 1 atom stereocenters. The zero-order chi connectivity index (χ0) is 18.7. The summed E-state index contributed by atoms with van der Waals surface area (Å²) >= 11 is 3.39. The molecular formula is C20H17BrFNO3. The first-order chi connectivity index (χ1) is 12.5. The van der Waals surface area contributed by atoms with E-state index in [1.807, 2.05) is 24.3 Å². The number of esters is 1.